The number of aromatic amines is 1. The molecule has 0 saturated heterocycles. The number of ether oxygens (including phenoxy) is 2. The van der Waals surface area contributed by atoms with Crippen LogP contribution in [0.5, 0.6) is 5.75 Å². The van der Waals surface area contributed by atoms with Gasteiger partial charge in [0.2, 0.25) is 0 Å². The molecule has 31 heavy (non-hydrogen) atoms. The van der Waals surface area contributed by atoms with Gasteiger partial charge in [-0.05, 0) is 37.6 Å². The minimum absolute atomic E-state index is 0.542. The number of imidazole rings is 1. The third-order valence-corrected chi connectivity index (χ3v) is 4.82. The number of hydrogen-bond acceptors (Lipinski definition) is 4. The maximum Gasteiger partial charge on any atom is 0.191 e. The van der Waals surface area contributed by atoms with Crippen molar-refractivity contribution in [2.45, 2.75) is 33.2 Å². The highest BCUT2D eigenvalue weighted by Crippen LogP contribution is 2.21. The van der Waals surface area contributed by atoms with Crippen molar-refractivity contribution in [1.29, 1.82) is 0 Å². The van der Waals surface area contributed by atoms with E-state index < -0.39 is 0 Å². The number of hydrogen-bond donors (Lipinski definition) is 3. The van der Waals surface area contributed by atoms with Gasteiger partial charge in [0.15, 0.2) is 5.96 Å². The SMILES string of the molecule is CCNC(=NCc1ccc(C)cc1OCCCOC)NCCc1nc2ccccc2[nH]1. The third kappa shape index (κ3) is 7.00. The quantitative estimate of drug-likeness (QED) is 0.249. The van der Waals surface area contributed by atoms with Crippen molar-refractivity contribution >= 4 is 17.0 Å². The second-order valence-electron chi connectivity index (χ2n) is 7.38. The monoisotopic (exact) mass is 423 g/mol. The van der Waals surface area contributed by atoms with Gasteiger partial charge in [-0.3, -0.25) is 0 Å². The first-order chi connectivity index (χ1) is 15.2. The number of para-hydroxylation sites is 2. The summed E-state index contributed by atoms with van der Waals surface area (Å²) in [4.78, 5) is 12.7. The molecule has 3 rings (SSSR count). The van der Waals surface area contributed by atoms with Crippen LogP contribution in [-0.2, 0) is 17.7 Å². The van der Waals surface area contributed by atoms with E-state index in [1.54, 1.807) is 7.11 Å². The summed E-state index contributed by atoms with van der Waals surface area (Å²) in [5.41, 5.74) is 4.30. The predicted octanol–water partition coefficient (Wildman–Crippen LogP) is 3.58. The molecule has 0 spiro atoms. The van der Waals surface area contributed by atoms with Crippen molar-refractivity contribution in [2.24, 2.45) is 4.99 Å². The maximum absolute atomic E-state index is 5.98. The van der Waals surface area contributed by atoms with E-state index in [9.17, 15) is 0 Å². The average molecular weight is 424 g/mol. The molecule has 0 atom stereocenters. The predicted molar refractivity (Wildman–Crippen MR) is 126 cm³/mol. The molecule has 166 valence electrons. The van der Waals surface area contributed by atoms with Crippen molar-refractivity contribution in [2.75, 3.05) is 33.4 Å². The molecule has 0 radical (unpaired) electrons. The van der Waals surface area contributed by atoms with E-state index in [1.165, 1.54) is 5.56 Å². The minimum Gasteiger partial charge on any atom is -0.493 e. The number of methoxy groups -OCH3 is 1. The van der Waals surface area contributed by atoms with Crippen LogP contribution in [0.15, 0.2) is 47.5 Å². The fraction of sp³-hybridized carbons (Fsp3) is 0.417. The number of fused-ring (bicyclic) bond motifs is 1. The Morgan fingerprint density at radius 2 is 2.00 bits per heavy atom. The maximum atomic E-state index is 5.98. The van der Waals surface area contributed by atoms with E-state index in [0.717, 1.165) is 60.1 Å². The average Bonchev–Trinajstić information content (AvgIpc) is 3.19. The minimum atomic E-state index is 0.542. The highest BCUT2D eigenvalue weighted by molar-refractivity contribution is 5.79. The lowest BCUT2D eigenvalue weighted by molar-refractivity contribution is 0.172. The Bertz CT molecular complexity index is 950. The summed E-state index contributed by atoms with van der Waals surface area (Å²) < 4.78 is 11.1. The van der Waals surface area contributed by atoms with E-state index in [4.69, 9.17) is 14.5 Å². The van der Waals surface area contributed by atoms with Gasteiger partial charge in [-0.1, -0.05) is 24.3 Å². The van der Waals surface area contributed by atoms with E-state index in [-0.39, 0.29) is 0 Å². The molecule has 0 unspecified atom stereocenters. The smallest absolute Gasteiger partial charge is 0.191 e. The van der Waals surface area contributed by atoms with Crippen molar-refractivity contribution in [3.05, 3.63) is 59.4 Å². The molecule has 3 aromatic rings. The van der Waals surface area contributed by atoms with E-state index in [1.807, 2.05) is 24.3 Å². The van der Waals surface area contributed by atoms with Crippen LogP contribution in [0.3, 0.4) is 0 Å². The van der Waals surface area contributed by atoms with Crippen LogP contribution in [0, 0.1) is 6.92 Å². The fourth-order valence-electron chi connectivity index (χ4n) is 3.24. The fourth-order valence-corrected chi connectivity index (χ4v) is 3.24. The number of benzene rings is 2. The molecule has 0 amide bonds. The number of rotatable bonds is 11. The molecule has 1 heterocycles. The van der Waals surface area contributed by atoms with E-state index in [2.05, 4.69) is 52.6 Å². The first-order valence-electron chi connectivity index (χ1n) is 10.9. The van der Waals surface area contributed by atoms with E-state index in [0.29, 0.717) is 19.8 Å². The van der Waals surface area contributed by atoms with Gasteiger partial charge in [-0.25, -0.2) is 9.98 Å². The van der Waals surface area contributed by atoms with Crippen LogP contribution >= 0.6 is 0 Å². The molecule has 1 aromatic heterocycles. The van der Waals surface area contributed by atoms with Gasteiger partial charge < -0.3 is 25.1 Å². The number of guanidine groups is 1. The Kier molecular flexibility index (Phi) is 8.72. The number of H-pyrrole nitrogens is 1. The molecule has 0 fully saturated rings. The molecule has 7 heteroatoms. The standard InChI is InChI=1S/C24H33N5O2/c1-4-25-24(26-13-12-23-28-20-8-5-6-9-21(20)29-23)27-17-19-11-10-18(2)16-22(19)31-15-7-14-30-3/h5-6,8-11,16H,4,7,12-15,17H2,1-3H3,(H,28,29)(H2,25,26,27). The Balaban J connectivity index is 1.58. The zero-order chi connectivity index (χ0) is 21.9. The zero-order valence-corrected chi connectivity index (χ0v) is 18.7. The molecule has 7 nitrogen and oxygen atoms in total. The second-order valence-corrected chi connectivity index (χ2v) is 7.38. The number of nitrogens with zero attached hydrogens (tertiary/aromatic N) is 2. The number of aryl methyl sites for hydroxylation is 1. The van der Waals surface area contributed by atoms with Gasteiger partial charge in [0.05, 0.1) is 24.2 Å². The molecule has 2 aromatic carbocycles. The highest BCUT2D eigenvalue weighted by atomic mass is 16.5. The number of nitrogens with one attached hydrogen (secondary N) is 3. The van der Waals surface area contributed by atoms with Gasteiger partial charge >= 0.3 is 0 Å². The zero-order valence-electron chi connectivity index (χ0n) is 18.7. The normalized spacial score (nSPS) is 11.6. The molecular formula is C24H33N5O2. The largest absolute Gasteiger partial charge is 0.493 e. The van der Waals surface area contributed by atoms with Crippen LogP contribution in [0.1, 0.15) is 30.3 Å². The highest BCUT2D eigenvalue weighted by Gasteiger charge is 2.06. The van der Waals surface area contributed by atoms with Gasteiger partial charge in [0.25, 0.3) is 0 Å². The van der Waals surface area contributed by atoms with Gasteiger partial charge in [0, 0.05) is 45.2 Å². The summed E-state index contributed by atoms with van der Waals surface area (Å²) in [5.74, 6) is 2.64. The second kappa shape index (κ2) is 12.0. The molecule has 0 aliphatic heterocycles. The lowest BCUT2D eigenvalue weighted by Gasteiger charge is -2.13. The Labute approximate surface area is 184 Å². The van der Waals surface area contributed by atoms with Gasteiger partial charge in [0.1, 0.15) is 11.6 Å². The van der Waals surface area contributed by atoms with Crippen molar-refractivity contribution in [3.8, 4) is 5.75 Å². The molecule has 0 bridgehead atoms. The topological polar surface area (TPSA) is 83.6 Å². The molecule has 0 aliphatic carbocycles. The molecule has 0 saturated carbocycles. The Morgan fingerprint density at radius 3 is 2.81 bits per heavy atom. The summed E-state index contributed by atoms with van der Waals surface area (Å²) in [6, 6.07) is 14.3. The lowest BCUT2D eigenvalue weighted by Crippen LogP contribution is -2.38. The first kappa shape index (κ1) is 22.6. The lowest BCUT2D eigenvalue weighted by atomic mass is 10.1. The number of aromatic nitrogens is 2. The van der Waals surface area contributed by atoms with Gasteiger partial charge in [-0.15, -0.1) is 0 Å². The van der Waals surface area contributed by atoms with Crippen LogP contribution in [0.25, 0.3) is 11.0 Å². The van der Waals surface area contributed by atoms with Crippen LogP contribution in [-0.4, -0.2) is 49.3 Å². The van der Waals surface area contributed by atoms with Crippen molar-refractivity contribution in [1.82, 2.24) is 20.6 Å². The van der Waals surface area contributed by atoms with Crippen LogP contribution in [0.4, 0.5) is 0 Å². The van der Waals surface area contributed by atoms with Crippen LogP contribution in [0.2, 0.25) is 0 Å². The molecule has 3 N–H and O–H groups in total. The molecule has 0 aliphatic rings. The van der Waals surface area contributed by atoms with Crippen molar-refractivity contribution < 1.29 is 9.47 Å². The summed E-state index contributed by atoms with van der Waals surface area (Å²) in [6.45, 7) is 7.53. The summed E-state index contributed by atoms with van der Waals surface area (Å²) in [6.07, 6.45) is 1.65. The Hall–Kier alpha value is -3.06. The molecular weight excluding hydrogens is 390 g/mol. The van der Waals surface area contributed by atoms with Crippen molar-refractivity contribution in [3.63, 3.8) is 0 Å². The summed E-state index contributed by atoms with van der Waals surface area (Å²) in [5, 5.41) is 6.70. The number of aliphatic imine (C=N–C) groups is 1. The van der Waals surface area contributed by atoms with E-state index >= 15 is 0 Å². The first-order valence-corrected chi connectivity index (χ1v) is 10.9. The Morgan fingerprint density at radius 1 is 1.13 bits per heavy atom. The van der Waals surface area contributed by atoms with Crippen LogP contribution < -0.4 is 15.4 Å². The summed E-state index contributed by atoms with van der Waals surface area (Å²) >= 11 is 0. The third-order valence-electron chi connectivity index (χ3n) is 4.82. The summed E-state index contributed by atoms with van der Waals surface area (Å²) in [7, 11) is 1.70. The van der Waals surface area contributed by atoms with Gasteiger partial charge in [-0.2, -0.15) is 0 Å².